The van der Waals surface area contributed by atoms with Crippen LogP contribution in [0.15, 0.2) is 48.5 Å². The van der Waals surface area contributed by atoms with E-state index >= 15 is 0 Å². The topological polar surface area (TPSA) is 0 Å². The second-order valence-electron chi connectivity index (χ2n) is 4.68. The maximum atomic E-state index is 13.4. The summed E-state index contributed by atoms with van der Waals surface area (Å²) in [5.74, 6) is 0.349. The van der Waals surface area contributed by atoms with Crippen LogP contribution >= 0.6 is 0 Å². The maximum absolute atomic E-state index is 13.4. The highest BCUT2D eigenvalue weighted by molar-refractivity contribution is 5.69. The smallest absolute Gasteiger partial charge is 0.130 e. The molecular weight excluding hydrogens is 223 g/mol. The third-order valence-corrected chi connectivity index (χ3v) is 2.96. The predicted octanol–water partition coefficient (Wildman–Crippen LogP) is 5.12. The van der Waals surface area contributed by atoms with E-state index in [1.807, 2.05) is 12.1 Å². The summed E-state index contributed by atoms with van der Waals surface area (Å²) in [5.41, 5.74) is 3.02. The molecule has 0 fully saturated rings. The summed E-state index contributed by atoms with van der Waals surface area (Å²) >= 11 is 0. The van der Waals surface area contributed by atoms with Gasteiger partial charge in [0, 0.05) is 5.56 Å². The van der Waals surface area contributed by atoms with Crippen LogP contribution < -0.4 is 0 Å². The quantitative estimate of drug-likeness (QED) is 0.653. The second-order valence-corrected chi connectivity index (χ2v) is 4.68. The molecule has 0 N–H and O–H groups in total. The van der Waals surface area contributed by atoms with Gasteiger partial charge in [0.1, 0.15) is 5.82 Å². The van der Waals surface area contributed by atoms with Gasteiger partial charge in [-0.3, -0.25) is 0 Å². The fourth-order valence-corrected chi connectivity index (χ4v) is 1.79. The van der Waals surface area contributed by atoms with Crippen LogP contribution in [0.1, 0.15) is 36.5 Å². The first-order chi connectivity index (χ1) is 8.66. The molecule has 0 unspecified atom stereocenters. The average Bonchev–Trinajstić information content (AvgIpc) is 2.38. The Kier molecular flexibility index (Phi) is 3.93. The Balaban J connectivity index is 2.17. The van der Waals surface area contributed by atoms with Gasteiger partial charge in [0.05, 0.1) is 0 Å². The Morgan fingerprint density at radius 1 is 0.889 bits per heavy atom. The van der Waals surface area contributed by atoms with Crippen molar-refractivity contribution in [1.82, 2.24) is 0 Å². The van der Waals surface area contributed by atoms with Crippen LogP contribution in [-0.2, 0) is 0 Å². The van der Waals surface area contributed by atoms with Crippen LogP contribution in [0, 0.1) is 5.82 Å². The Morgan fingerprint density at radius 2 is 1.56 bits per heavy atom. The normalized spacial score (nSPS) is 11.3. The molecule has 0 aliphatic rings. The van der Waals surface area contributed by atoms with Gasteiger partial charge in [-0.1, -0.05) is 68.5 Å². The fraction of sp³-hybridized carbons (Fsp3) is 0.176. The molecule has 0 saturated heterocycles. The third kappa shape index (κ3) is 3.07. The van der Waals surface area contributed by atoms with Crippen LogP contribution in [-0.4, -0.2) is 0 Å². The van der Waals surface area contributed by atoms with E-state index in [1.165, 1.54) is 11.6 Å². The zero-order valence-electron chi connectivity index (χ0n) is 10.7. The predicted molar refractivity (Wildman–Crippen MR) is 75.9 cm³/mol. The Labute approximate surface area is 108 Å². The van der Waals surface area contributed by atoms with E-state index in [1.54, 1.807) is 18.2 Å². The standard InChI is InChI=1S/C17H17F/c1-13(2)15-10-7-14(8-11-15)9-12-16-5-3-4-6-17(16)18/h3-13H,1-2H3/b12-9+. The lowest BCUT2D eigenvalue weighted by atomic mass is 10.0. The lowest BCUT2D eigenvalue weighted by Crippen LogP contribution is -1.86. The molecule has 92 valence electrons. The lowest BCUT2D eigenvalue weighted by Gasteiger charge is -2.04. The van der Waals surface area contributed by atoms with Gasteiger partial charge in [-0.05, 0) is 23.1 Å². The summed E-state index contributed by atoms with van der Waals surface area (Å²) in [4.78, 5) is 0. The van der Waals surface area contributed by atoms with E-state index in [9.17, 15) is 4.39 Å². The van der Waals surface area contributed by atoms with Crippen molar-refractivity contribution in [3.05, 3.63) is 71.0 Å². The molecule has 0 heterocycles. The third-order valence-electron chi connectivity index (χ3n) is 2.96. The van der Waals surface area contributed by atoms with Crippen LogP contribution in [0.4, 0.5) is 4.39 Å². The number of hydrogen-bond acceptors (Lipinski definition) is 0. The van der Waals surface area contributed by atoms with Gasteiger partial charge >= 0.3 is 0 Å². The Hall–Kier alpha value is -1.89. The zero-order chi connectivity index (χ0) is 13.0. The zero-order valence-corrected chi connectivity index (χ0v) is 10.7. The molecule has 2 aromatic rings. The minimum absolute atomic E-state index is 0.187. The Bertz CT molecular complexity index is 536. The van der Waals surface area contributed by atoms with E-state index in [0.717, 1.165) is 5.56 Å². The summed E-state index contributed by atoms with van der Waals surface area (Å²) in [7, 11) is 0. The van der Waals surface area contributed by atoms with Gasteiger partial charge in [0.25, 0.3) is 0 Å². The lowest BCUT2D eigenvalue weighted by molar-refractivity contribution is 0.625. The molecule has 2 rings (SSSR count). The molecule has 2 aromatic carbocycles. The monoisotopic (exact) mass is 240 g/mol. The molecule has 0 nitrogen and oxygen atoms in total. The minimum Gasteiger partial charge on any atom is -0.206 e. The minimum atomic E-state index is -0.187. The molecule has 0 aliphatic heterocycles. The highest BCUT2D eigenvalue weighted by atomic mass is 19.1. The van der Waals surface area contributed by atoms with Crippen molar-refractivity contribution in [2.45, 2.75) is 19.8 Å². The van der Waals surface area contributed by atoms with E-state index in [-0.39, 0.29) is 5.82 Å². The van der Waals surface area contributed by atoms with Crippen molar-refractivity contribution in [2.24, 2.45) is 0 Å². The molecule has 0 saturated carbocycles. The molecule has 0 bridgehead atoms. The molecule has 0 spiro atoms. The molecule has 18 heavy (non-hydrogen) atoms. The molecule has 0 aromatic heterocycles. The average molecular weight is 240 g/mol. The number of benzene rings is 2. The highest BCUT2D eigenvalue weighted by Crippen LogP contribution is 2.16. The van der Waals surface area contributed by atoms with Crippen LogP contribution in [0.5, 0.6) is 0 Å². The van der Waals surface area contributed by atoms with Crippen molar-refractivity contribution in [2.75, 3.05) is 0 Å². The van der Waals surface area contributed by atoms with Crippen LogP contribution in [0.3, 0.4) is 0 Å². The molecule has 0 amide bonds. The van der Waals surface area contributed by atoms with Crippen molar-refractivity contribution < 1.29 is 4.39 Å². The molecule has 0 aliphatic carbocycles. The molecule has 0 atom stereocenters. The van der Waals surface area contributed by atoms with Gasteiger partial charge in [-0.2, -0.15) is 0 Å². The molecular formula is C17H17F. The second kappa shape index (κ2) is 5.63. The summed E-state index contributed by atoms with van der Waals surface area (Å²) in [6.07, 6.45) is 3.74. The van der Waals surface area contributed by atoms with Gasteiger partial charge in [-0.15, -0.1) is 0 Å². The van der Waals surface area contributed by atoms with Crippen molar-refractivity contribution >= 4 is 12.2 Å². The first-order valence-electron chi connectivity index (χ1n) is 6.19. The molecule has 0 radical (unpaired) electrons. The summed E-state index contributed by atoms with van der Waals surface area (Å²) in [6, 6.07) is 15.1. The number of halogens is 1. The van der Waals surface area contributed by atoms with Crippen molar-refractivity contribution in [3.8, 4) is 0 Å². The van der Waals surface area contributed by atoms with Gasteiger partial charge in [-0.25, -0.2) is 4.39 Å². The Morgan fingerprint density at radius 3 is 2.17 bits per heavy atom. The molecule has 1 heteroatoms. The van der Waals surface area contributed by atoms with E-state index in [4.69, 9.17) is 0 Å². The van der Waals surface area contributed by atoms with E-state index < -0.39 is 0 Å². The fourth-order valence-electron chi connectivity index (χ4n) is 1.79. The van der Waals surface area contributed by atoms with Crippen LogP contribution in [0.25, 0.3) is 12.2 Å². The van der Waals surface area contributed by atoms with E-state index in [2.05, 4.69) is 38.1 Å². The highest BCUT2D eigenvalue weighted by Gasteiger charge is 1.98. The SMILES string of the molecule is CC(C)c1ccc(/C=C/c2ccccc2F)cc1. The van der Waals surface area contributed by atoms with Gasteiger partial charge in [0.2, 0.25) is 0 Å². The number of hydrogen-bond donors (Lipinski definition) is 0. The van der Waals surface area contributed by atoms with Crippen molar-refractivity contribution in [1.29, 1.82) is 0 Å². The summed E-state index contributed by atoms with van der Waals surface area (Å²) in [6.45, 7) is 4.34. The van der Waals surface area contributed by atoms with E-state index in [0.29, 0.717) is 11.5 Å². The van der Waals surface area contributed by atoms with Gasteiger partial charge in [0.15, 0.2) is 0 Å². The largest absolute Gasteiger partial charge is 0.206 e. The maximum Gasteiger partial charge on any atom is 0.130 e. The first-order valence-corrected chi connectivity index (χ1v) is 6.19. The van der Waals surface area contributed by atoms with Gasteiger partial charge < -0.3 is 0 Å². The summed E-state index contributed by atoms with van der Waals surface area (Å²) < 4.78 is 13.4. The van der Waals surface area contributed by atoms with Crippen LogP contribution in [0.2, 0.25) is 0 Å². The first kappa shape index (κ1) is 12.6. The van der Waals surface area contributed by atoms with Crippen molar-refractivity contribution in [3.63, 3.8) is 0 Å². The number of rotatable bonds is 3. The summed E-state index contributed by atoms with van der Waals surface area (Å²) in [5, 5.41) is 0.